The average Bonchev–Trinajstić information content (AvgIpc) is 2.25. The molecule has 0 bridgehead atoms. The largest absolute Gasteiger partial charge is 0.381 e. The van der Waals surface area contributed by atoms with Crippen molar-refractivity contribution < 1.29 is 4.74 Å². The lowest BCUT2D eigenvalue weighted by Gasteiger charge is -2.11. The Morgan fingerprint density at radius 1 is 1.56 bits per heavy atom. The Morgan fingerprint density at radius 2 is 2.25 bits per heavy atom. The van der Waals surface area contributed by atoms with Crippen LogP contribution in [-0.4, -0.2) is 23.2 Å². The standard InChI is InChI=1S/C11H17BrN2OS/c1-4-5-8-10(12)11(16)14-9(13-8)6-7(2)15-3/h7H,4-6H2,1-3H3,(H,13,14,16). The van der Waals surface area contributed by atoms with Crippen LogP contribution in [0.15, 0.2) is 4.47 Å². The van der Waals surface area contributed by atoms with Crippen molar-refractivity contribution >= 4 is 28.1 Å². The second-order valence-electron chi connectivity index (χ2n) is 3.78. The topological polar surface area (TPSA) is 37.9 Å². The predicted molar refractivity (Wildman–Crippen MR) is 71.3 cm³/mol. The Balaban J connectivity index is 2.99. The monoisotopic (exact) mass is 304 g/mol. The van der Waals surface area contributed by atoms with E-state index in [9.17, 15) is 0 Å². The van der Waals surface area contributed by atoms with E-state index in [1.54, 1.807) is 7.11 Å². The Kier molecular flexibility index (Phi) is 5.58. The minimum Gasteiger partial charge on any atom is -0.381 e. The first-order valence-electron chi connectivity index (χ1n) is 5.38. The van der Waals surface area contributed by atoms with Crippen LogP contribution >= 0.6 is 28.1 Å². The van der Waals surface area contributed by atoms with E-state index < -0.39 is 0 Å². The number of methoxy groups -OCH3 is 1. The van der Waals surface area contributed by atoms with Gasteiger partial charge in [0, 0.05) is 19.2 Å². The molecule has 5 heteroatoms. The van der Waals surface area contributed by atoms with Gasteiger partial charge in [-0.3, -0.25) is 0 Å². The molecule has 0 aliphatic rings. The van der Waals surface area contributed by atoms with Gasteiger partial charge < -0.3 is 9.72 Å². The van der Waals surface area contributed by atoms with Crippen LogP contribution in [0.4, 0.5) is 0 Å². The van der Waals surface area contributed by atoms with Crippen molar-refractivity contribution in [3.8, 4) is 0 Å². The fourth-order valence-corrected chi connectivity index (χ4v) is 2.05. The molecule has 0 fully saturated rings. The molecule has 1 unspecified atom stereocenters. The Morgan fingerprint density at radius 3 is 2.81 bits per heavy atom. The molecule has 90 valence electrons. The van der Waals surface area contributed by atoms with Gasteiger partial charge in [-0.2, -0.15) is 0 Å². The molecule has 0 aliphatic carbocycles. The third-order valence-electron chi connectivity index (χ3n) is 2.37. The van der Waals surface area contributed by atoms with E-state index in [1.807, 2.05) is 6.92 Å². The van der Waals surface area contributed by atoms with Crippen LogP contribution in [0.3, 0.4) is 0 Å². The molecule has 16 heavy (non-hydrogen) atoms. The van der Waals surface area contributed by atoms with E-state index >= 15 is 0 Å². The zero-order chi connectivity index (χ0) is 12.1. The van der Waals surface area contributed by atoms with Gasteiger partial charge in [0.25, 0.3) is 0 Å². The van der Waals surface area contributed by atoms with Crippen LogP contribution in [0, 0.1) is 4.64 Å². The highest BCUT2D eigenvalue weighted by Gasteiger charge is 2.08. The molecule has 3 nitrogen and oxygen atoms in total. The van der Waals surface area contributed by atoms with Gasteiger partial charge in [0.2, 0.25) is 0 Å². The average molecular weight is 305 g/mol. The van der Waals surface area contributed by atoms with Crippen molar-refractivity contribution in [3.05, 3.63) is 20.6 Å². The van der Waals surface area contributed by atoms with Gasteiger partial charge in [-0.15, -0.1) is 0 Å². The predicted octanol–water partition coefficient (Wildman–Crippen LogP) is 3.43. The van der Waals surface area contributed by atoms with Crippen LogP contribution in [0.5, 0.6) is 0 Å². The van der Waals surface area contributed by atoms with Crippen LogP contribution in [-0.2, 0) is 17.6 Å². The van der Waals surface area contributed by atoms with Crippen LogP contribution < -0.4 is 0 Å². The summed E-state index contributed by atoms with van der Waals surface area (Å²) in [5.41, 5.74) is 1.13. The molecule has 1 N–H and O–H groups in total. The lowest BCUT2D eigenvalue weighted by Crippen LogP contribution is -2.12. The van der Waals surface area contributed by atoms with E-state index in [2.05, 4.69) is 32.8 Å². The van der Waals surface area contributed by atoms with Gasteiger partial charge in [0.1, 0.15) is 10.5 Å². The van der Waals surface area contributed by atoms with Gasteiger partial charge in [0.05, 0.1) is 10.6 Å². The van der Waals surface area contributed by atoms with Crippen molar-refractivity contribution in [3.63, 3.8) is 0 Å². The van der Waals surface area contributed by atoms with Gasteiger partial charge in [-0.1, -0.05) is 25.6 Å². The lowest BCUT2D eigenvalue weighted by atomic mass is 10.2. The molecular weight excluding hydrogens is 288 g/mol. The van der Waals surface area contributed by atoms with E-state index in [-0.39, 0.29) is 6.10 Å². The quantitative estimate of drug-likeness (QED) is 0.847. The van der Waals surface area contributed by atoms with Gasteiger partial charge in [-0.05, 0) is 29.3 Å². The number of hydrogen-bond acceptors (Lipinski definition) is 3. The summed E-state index contributed by atoms with van der Waals surface area (Å²) in [5, 5.41) is 0. The first-order valence-corrected chi connectivity index (χ1v) is 6.59. The van der Waals surface area contributed by atoms with Crippen molar-refractivity contribution in [1.29, 1.82) is 0 Å². The molecule has 0 saturated heterocycles. The van der Waals surface area contributed by atoms with Crippen molar-refractivity contribution in [2.45, 2.75) is 39.2 Å². The van der Waals surface area contributed by atoms with E-state index in [0.29, 0.717) is 4.64 Å². The van der Waals surface area contributed by atoms with Crippen molar-refractivity contribution in [2.75, 3.05) is 7.11 Å². The third-order valence-corrected chi connectivity index (χ3v) is 3.78. The Labute approximate surface area is 110 Å². The summed E-state index contributed by atoms with van der Waals surface area (Å²) in [5.74, 6) is 0.894. The highest BCUT2D eigenvalue weighted by molar-refractivity contribution is 9.10. The zero-order valence-electron chi connectivity index (χ0n) is 9.84. The molecule has 0 aliphatic heterocycles. The maximum atomic E-state index is 5.22. The number of hydrogen-bond donors (Lipinski definition) is 1. The second kappa shape index (κ2) is 6.47. The molecule has 1 aromatic rings. The van der Waals surface area contributed by atoms with Crippen LogP contribution in [0.1, 0.15) is 31.8 Å². The molecule has 0 spiro atoms. The first-order chi connectivity index (χ1) is 7.58. The molecule has 0 radical (unpaired) electrons. The first kappa shape index (κ1) is 13.8. The zero-order valence-corrected chi connectivity index (χ0v) is 12.2. The van der Waals surface area contributed by atoms with Gasteiger partial charge in [0.15, 0.2) is 0 Å². The fourth-order valence-electron chi connectivity index (χ4n) is 1.43. The molecule has 0 aromatic carbocycles. The molecule has 1 atom stereocenters. The van der Waals surface area contributed by atoms with Crippen LogP contribution in [0.2, 0.25) is 0 Å². The molecule has 0 saturated carbocycles. The smallest absolute Gasteiger partial charge is 0.144 e. The number of nitrogens with zero attached hydrogens (tertiary/aromatic N) is 1. The minimum atomic E-state index is 0.147. The number of nitrogens with one attached hydrogen (secondary N) is 1. The third kappa shape index (κ3) is 3.64. The van der Waals surface area contributed by atoms with E-state index in [4.69, 9.17) is 17.0 Å². The molecule has 1 heterocycles. The van der Waals surface area contributed by atoms with Crippen molar-refractivity contribution in [2.24, 2.45) is 0 Å². The van der Waals surface area contributed by atoms with E-state index in [0.717, 1.165) is 35.3 Å². The number of rotatable bonds is 5. The number of aromatic amines is 1. The number of aromatic nitrogens is 2. The highest BCUT2D eigenvalue weighted by atomic mass is 79.9. The summed E-state index contributed by atoms with van der Waals surface area (Å²) in [7, 11) is 1.70. The normalized spacial score (nSPS) is 12.8. The van der Waals surface area contributed by atoms with Gasteiger partial charge >= 0.3 is 0 Å². The summed E-state index contributed by atoms with van der Waals surface area (Å²) >= 11 is 8.68. The Bertz CT molecular complexity index is 405. The van der Waals surface area contributed by atoms with Crippen LogP contribution in [0.25, 0.3) is 0 Å². The highest BCUT2D eigenvalue weighted by Crippen LogP contribution is 2.17. The summed E-state index contributed by atoms with van der Waals surface area (Å²) < 4.78 is 6.76. The van der Waals surface area contributed by atoms with Gasteiger partial charge in [-0.25, -0.2) is 4.98 Å². The number of H-pyrrole nitrogens is 1. The summed E-state index contributed by atoms with van der Waals surface area (Å²) in [6, 6.07) is 0. The summed E-state index contributed by atoms with van der Waals surface area (Å²) in [6.45, 7) is 4.15. The lowest BCUT2D eigenvalue weighted by molar-refractivity contribution is 0.117. The molecule has 1 rings (SSSR count). The number of halogens is 1. The second-order valence-corrected chi connectivity index (χ2v) is 4.96. The molecular formula is C11H17BrN2OS. The molecule has 1 aromatic heterocycles. The SMILES string of the molecule is CCCc1[nH]c(CC(C)OC)nc(=S)c1Br. The maximum Gasteiger partial charge on any atom is 0.144 e. The summed E-state index contributed by atoms with van der Waals surface area (Å²) in [4.78, 5) is 7.65. The van der Waals surface area contributed by atoms with Crippen molar-refractivity contribution in [1.82, 2.24) is 9.97 Å². The van der Waals surface area contributed by atoms with E-state index in [1.165, 1.54) is 0 Å². The maximum absolute atomic E-state index is 5.22. The molecule has 0 amide bonds. The minimum absolute atomic E-state index is 0.147. The summed E-state index contributed by atoms with van der Waals surface area (Å²) in [6.07, 6.45) is 2.95. The number of ether oxygens (including phenoxy) is 1. The Hall–Kier alpha value is -0.260. The fraction of sp³-hybridized carbons (Fsp3) is 0.636. The number of aryl methyl sites for hydroxylation is 1.